The van der Waals surface area contributed by atoms with Gasteiger partial charge in [-0.3, -0.25) is 4.79 Å². The lowest BCUT2D eigenvalue weighted by Crippen LogP contribution is -2.18. The maximum absolute atomic E-state index is 12.7. The van der Waals surface area contributed by atoms with Crippen molar-refractivity contribution in [2.75, 3.05) is 20.8 Å². The number of amides is 1. The van der Waals surface area contributed by atoms with Gasteiger partial charge in [-0.2, -0.15) is 13.5 Å². The van der Waals surface area contributed by atoms with Gasteiger partial charge < -0.3 is 18.4 Å². The van der Waals surface area contributed by atoms with Crippen LogP contribution >= 0.6 is 15.9 Å². The molecule has 0 saturated heterocycles. The van der Waals surface area contributed by atoms with Gasteiger partial charge in [-0.25, -0.2) is 5.43 Å². The van der Waals surface area contributed by atoms with Crippen molar-refractivity contribution < 1.29 is 31.6 Å². The van der Waals surface area contributed by atoms with E-state index >= 15 is 0 Å². The van der Waals surface area contributed by atoms with Crippen molar-refractivity contribution in [3.63, 3.8) is 0 Å². The first-order chi connectivity index (χ1) is 16.8. The zero-order valence-corrected chi connectivity index (χ0v) is 21.6. The number of nitrogens with zero attached hydrogens (tertiary/aromatic N) is 1. The molecule has 0 radical (unpaired) electrons. The Labute approximate surface area is 211 Å². The third kappa shape index (κ3) is 6.74. The number of carbonyl (C=O) groups excluding carboxylic acids is 1. The Balaban J connectivity index is 1.77. The summed E-state index contributed by atoms with van der Waals surface area (Å²) in [5, 5.41) is 3.97. The van der Waals surface area contributed by atoms with Crippen LogP contribution in [0, 0.1) is 0 Å². The summed E-state index contributed by atoms with van der Waals surface area (Å²) in [6.45, 7) is 2.03. The summed E-state index contributed by atoms with van der Waals surface area (Å²) in [6.07, 6.45) is 1.40. The SMILES string of the molecule is CCOc1cc(/C=N\NC(=O)c2cc(Br)ccc2OC)ccc1OS(=O)(=O)c1ccc(OC)cc1. The number of hydrazone groups is 1. The van der Waals surface area contributed by atoms with E-state index in [2.05, 4.69) is 26.5 Å². The normalized spacial score (nSPS) is 11.2. The van der Waals surface area contributed by atoms with E-state index in [1.54, 1.807) is 37.3 Å². The molecule has 0 spiro atoms. The van der Waals surface area contributed by atoms with Crippen LogP contribution in [0.4, 0.5) is 0 Å². The number of hydrogen-bond acceptors (Lipinski definition) is 8. The predicted octanol–water partition coefficient (Wildman–Crippen LogP) is 4.40. The standard InChI is InChI=1S/C24H23BrN2O7S/c1-4-33-23-13-16(15-26-27-24(28)20-14-17(25)6-12-21(20)32-3)5-11-22(23)34-35(29,30)19-9-7-18(31-2)8-10-19/h5-15H,4H2,1-3H3,(H,27,28)/b26-15-. The minimum atomic E-state index is -4.10. The molecule has 0 saturated carbocycles. The molecule has 0 atom stereocenters. The molecule has 1 amide bonds. The molecule has 0 aliphatic heterocycles. The summed E-state index contributed by atoms with van der Waals surface area (Å²) in [4.78, 5) is 12.4. The summed E-state index contributed by atoms with van der Waals surface area (Å²) in [5.41, 5.74) is 3.29. The summed E-state index contributed by atoms with van der Waals surface area (Å²) in [7, 11) is -1.15. The highest BCUT2D eigenvalue weighted by Gasteiger charge is 2.20. The molecule has 35 heavy (non-hydrogen) atoms. The largest absolute Gasteiger partial charge is 0.497 e. The van der Waals surface area contributed by atoms with Crippen LogP contribution in [0.15, 0.2) is 75.1 Å². The molecule has 3 aromatic rings. The Kier molecular flexibility index (Phi) is 8.72. The molecule has 11 heteroatoms. The van der Waals surface area contributed by atoms with E-state index in [1.807, 2.05) is 0 Å². The van der Waals surface area contributed by atoms with Crippen LogP contribution in [0.2, 0.25) is 0 Å². The van der Waals surface area contributed by atoms with Crippen LogP contribution in [0.25, 0.3) is 0 Å². The first kappa shape index (κ1) is 26.0. The number of benzene rings is 3. The summed E-state index contributed by atoms with van der Waals surface area (Å²) >= 11 is 3.32. The predicted molar refractivity (Wildman–Crippen MR) is 134 cm³/mol. The van der Waals surface area contributed by atoms with Crippen LogP contribution in [0.5, 0.6) is 23.0 Å². The molecule has 9 nitrogen and oxygen atoms in total. The van der Waals surface area contributed by atoms with E-state index < -0.39 is 16.0 Å². The molecule has 3 aromatic carbocycles. The minimum absolute atomic E-state index is 0.0164. The molecule has 1 N–H and O–H groups in total. The topological polar surface area (TPSA) is 113 Å². The van der Waals surface area contributed by atoms with Crippen LogP contribution in [-0.4, -0.2) is 41.4 Å². The lowest BCUT2D eigenvalue weighted by atomic mass is 10.2. The number of nitrogens with one attached hydrogen (secondary N) is 1. The molecule has 0 fully saturated rings. The monoisotopic (exact) mass is 562 g/mol. The number of hydrogen-bond donors (Lipinski definition) is 1. The van der Waals surface area contributed by atoms with Gasteiger partial charge in [0, 0.05) is 4.47 Å². The summed E-state index contributed by atoms with van der Waals surface area (Å²) in [6, 6.07) is 15.4. The van der Waals surface area contributed by atoms with E-state index in [1.165, 1.54) is 50.8 Å². The van der Waals surface area contributed by atoms with Gasteiger partial charge in [0.15, 0.2) is 11.5 Å². The number of rotatable bonds is 10. The highest BCUT2D eigenvalue weighted by molar-refractivity contribution is 9.10. The van der Waals surface area contributed by atoms with Gasteiger partial charge in [0.05, 0.1) is 32.6 Å². The van der Waals surface area contributed by atoms with E-state index in [-0.39, 0.29) is 23.0 Å². The van der Waals surface area contributed by atoms with Gasteiger partial charge >= 0.3 is 10.1 Å². The maximum atomic E-state index is 12.7. The molecule has 184 valence electrons. The fourth-order valence-corrected chi connectivity index (χ4v) is 4.23. The summed E-state index contributed by atoms with van der Waals surface area (Å²) < 4.78 is 47.2. The van der Waals surface area contributed by atoms with Crippen LogP contribution in [0.1, 0.15) is 22.8 Å². The molecule has 0 heterocycles. The van der Waals surface area contributed by atoms with Crippen molar-refractivity contribution in [1.29, 1.82) is 0 Å². The molecule has 0 aromatic heterocycles. The number of carbonyl (C=O) groups is 1. The highest BCUT2D eigenvalue weighted by Crippen LogP contribution is 2.31. The fourth-order valence-electron chi connectivity index (χ4n) is 2.93. The molecule has 0 bridgehead atoms. The Hall–Kier alpha value is -3.57. The minimum Gasteiger partial charge on any atom is -0.497 e. The summed E-state index contributed by atoms with van der Waals surface area (Å²) in [5.74, 6) is 0.679. The van der Waals surface area contributed by atoms with Crippen molar-refractivity contribution >= 4 is 38.2 Å². The Morgan fingerprint density at radius 1 is 0.971 bits per heavy atom. The molecule has 0 aliphatic carbocycles. The second-order valence-electron chi connectivity index (χ2n) is 6.90. The van der Waals surface area contributed by atoms with Gasteiger partial charge in [0.1, 0.15) is 16.4 Å². The van der Waals surface area contributed by atoms with Crippen LogP contribution in [-0.2, 0) is 10.1 Å². The van der Waals surface area contributed by atoms with Gasteiger partial charge in [-0.15, -0.1) is 0 Å². The molecule has 3 rings (SSSR count). The number of methoxy groups -OCH3 is 2. The zero-order chi connectivity index (χ0) is 25.4. The first-order valence-electron chi connectivity index (χ1n) is 10.3. The van der Waals surface area contributed by atoms with Crippen LogP contribution < -0.4 is 23.8 Å². The van der Waals surface area contributed by atoms with Gasteiger partial charge in [-0.05, 0) is 73.2 Å². The molecule has 0 unspecified atom stereocenters. The number of ether oxygens (including phenoxy) is 3. The van der Waals surface area contributed by atoms with E-state index in [4.69, 9.17) is 18.4 Å². The third-order valence-corrected chi connectivity index (χ3v) is 6.34. The second kappa shape index (κ2) is 11.7. The van der Waals surface area contributed by atoms with Gasteiger partial charge in [-0.1, -0.05) is 15.9 Å². The third-order valence-electron chi connectivity index (χ3n) is 4.60. The van der Waals surface area contributed by atoms with E-state index in [0.717, 1.165) is 0 Å². The van der Waals surface area contributed by atoms with Gasteiger partial charge in [0.2, 0.25) is 0 Å². The van der Waals surface area contributed by atoms with E-state index in [0.29, 0.717) is 27.1 Å². The van der Waals surface area contributed by atoms with Crippen molar-refractivity contribution in [1.82, 2.24) is 5.43 Å². The van der Waals surface area contributed by atoms with Crippen molar-refractivity contribution in [3.05, 3.63) is 76.3 Å². The van der Waals surface area contributed by atoms with Crippen LogP contribution in [0.3, 0.4) is 0 Å². The average molecular weight is 563 g/mol. The smallest absolute Gasteiger partial charge is 0.339 e. The van der Waals surface area contributed by atoms with Crippen molar-refractivity contribution in [2.24, 2.45) is 5.10 Å². The molecular weight excluding hydrogens is 540 g/mol. The second-order valence-corrected chi connectivity index (χ2v) is 9.36. The lowest BCUT2D eigenvalue weighted by Gasteiger charge is -2.13. The zero-order valence-electron chi connectivity index (χ0n) is 19.1. The Bertz CT molecular complexity index is 1330. The van der Waals surface area contributed by atoms with Gasteiger partial charge in [0.25, 0.3) is 5.91 Å². The lowest BCUT2D eigenvalue weighted by molar-refractivity contribution is 0.0952. The number of halogens is 1. The Morgan fingerprint density at radius 2 is 1.69 bits per heavy atom. The van der Waals surface area contributed by atoms with Crippen molar-refractivity contribution in [2.45, 2.75) is 11.8 Å². The first-order valence-corrected chi connectivity index (χ1v) is 12.5. The molecular formula is C24H23BrN2O7S. The Morgan fingerprint density at radius 3 is 2.34 bits per heavy atom. The average Bonchev–Trinajstić information content (AvgIpc) is 2.85. The fraction of sp³-hybridized carbons (Fsp3) is 0.167. The molecule has 0 aliphatic rings. The highest BCUT2D eigenvalue weighted by atomic mass is 79.9. The maximum Gasteiger partial charge on any atom is 0.339 e. The van der Waals surface area contributed by atoms with E-state index in [9.17, 15) is 13.2 Å². The van der Waals surface area contributed by atoms with Crippen molar-refractivity contribution in [3.8, 4) is 23.0 Å². The quantitative estimate of drug-likeness (QED) is 0.221.